The molecule has 1 aromatic heterocycles. The molecular formula is C14H10F2N2O2. The Morgan fingerprint density at radius 3 is 2.80 bits per heavy atom. The van der Waals surface area contributed by atoms with Crippen molar-refractivity contribution < 1.29 is 13.2 Å². The number of oxazole rings is 1. The Hall–Kier alpha value is -2.63. The van der Waals surface area contributed by atoms with E-state index in [0.29, 0.717) is 16.8 Å². The Kier molecular flexibility index (Phi) is 2.78. The summed E-state index contributed by atoms with van der Waals surface area (Å²) in [5.41, 5.74) is 6.97. The molecule has 0 spiro atoms. The van der Waals surface area contributed by atoms with Crippen LogP contribution in [-0.2, 0) is 6.54 Å². The van der Waals surface area contributed by atoms with E-state index in [1.54, 1.807) is 18.2 Å². The summed E-state index contributed by atoms with van der Waals surface area (Å²) in [5, 5.41) is 0. The maximum Gasteiger partial charge on any atom is 0.420 e. The van der Waals surface area contributed by atoms with Crippen LogP contribution in [0.3, 0.4) is 0 Å². The monoisotopic (exact) mass is 276 g/mol. The smallest absolute Gasteiger partial charge is 0.408 e. The van der Waals surface area contributed by atoms with Crippen LogP contribution in [0.2, 0.25) is 0 Å². The molecule has 0 radical (unpaired) electrons. The van der Waals surface area contributed by atoms with Gasteiger partial charge in [0.05, 0.1) is 12.1 Å². The van der Waals surface area contributed by atoms with Crippen LogP contribution >= 0.6 is 0 Å². The zero-order valence-electron chi connectivity index (χ0n) is 10.3. The normalized spacial score (nSPS) is 11.1. The quantitative estimate of drug-likeness (QED) is 0.731. The summed E-state index contributed by atoms with van der Waals surface area (Å²) in [6.45, 7) is -0.126. The number of nitrogen functional groups attached to an aromatic ring is 1. The third-order valence-corrected chi connectivity index (χ3v) is 3.05. The first-order valence-corrected chi connectivity index (χ1v) is 5.88. The SMILES string of the molecule is Nc1ccc2oc(=O)n(Cc3cccc(F)c3F)c2c1. The summed E-state index contributed by atoms with van der Waals surface area (Å²) in [4.78, 5) is 11.8. The fraction of sp³-hybridized carbons (Fsp3) is 0.0714. The minimum atomic E-state index is -0.974. The van der Waals surface area contributed by atoms with Crippen molar-refractivity contribution in [3.05, 3.63) is 64.1 Å². The molecule has 20 heavy (non-hydrogen) atoms. The number of halogens is 2. The Balaban J connectivity index is 2.15. The zero-order chi connectivity index (χ0) is 14.3. The molecule has 0 aliphatic carbocycles. The van der Waals surface area contributed by atoms with Gasteiger partial charge in [0.2, 0.25) is 0 Å². The first kappa shape index (κ1) is 12.4. The molecule has 0 aliphatic heterocycles. The van der Waals surface area contributed by atoms with Gasteiger partial charge in [-0.1, -0.05) is 12.1 Å². The molecular weight excluding hydrogens is 266 g/mol. The van der Waals surface area contributed by atoms with E-state index in [2.05, 4.69) is 0 Å². The number of nitrogens with two attached hydrogens (primary N) is 1. The second kappa shape index (κ2) is 4.48. The number of anilines is 1. The van der Waals surface area contributed by atoms with Crippen molar-refractivity contribution >= 4 is 16.8 Å². The van der Waals surface area contributed by atoms with Crippen molar-refractivity contribution in [3.8, 4) is 0 Å². The maximum atomic E-state index is 13.7. The van der Waals surface area contributed by atoms with Gasteiger partial charge in [-0.3, -0.25) is 4.57 Å². The van der Waals surface area contributed by atoms with Crippen LogP contribution in [0, 0.1) is 11.6 Å². The third kappa shape index (κ3) is 1.95. The van der Waals surface area contributed by atoms with E-state index < -0.39 is 17.4 Å². The molecule has 0 aliphatic rings. The summed E-state index contributed by atoms with van der Waals surface area (Å²) < 4.78 is 33.1. The van der Waals surface area contributed by atoms with Gasteiger partial charge in [-0.25, -0.2) is 13.6 Å². The van der Waals surface area contributed by atoms with Crippen molar-refractivity contribution in [2.45, 2.75) is 6.54 Å². The molecule has 4 nitrogen and oxygen atoms in total. The third-order valence-electron chi connectivity index (χ3n) is 3.05. The van der Waals surface area contributed by atoms with Crippen LogP contribution < -0.4 is 11.5 Å². The number of hydrogen-bond donors (Lipinski definition) is 1. The summed E-state index contributed by atoms with van der Waals surface area (Å²) in [7, 11) is 0. The highest BCUT2D eigenvalue weighted by atomic mass is 19.2. The molecule has 0 unspecified atom stereocenters. The van der Waals surface area contributed by atoms with Crippen LogP contribution in [0.1, 0.15) is 5.56 Å². The van der Waals surface area contributed by atoms with Crippen LogP contribution in [0.25, 0.3) is 11.1 Å². The molecule has 2 aromatic carbocycles. The molecule has 3 aromatic rings. The lowest BCUT2D eigenvalue weighted by Crippen LogP contribution is -2.16. The Morgan fingerprint density at radius 2 is 2.00 bits per heavy atom. The van der Waals surface area contributed by atoms with E-state index in [1.165, 1.54) is 16.7 Å². The first-order chi connectivity index (χ1) is 9.56. The van der Waals surface area contributed by atoms with E-state index in [0.717, 1.165) is 6.07 Å². The highest BCUT2D eigenvalue weighted by Gasteiger charge is 2.13. The first-order valence-electron chi connectivity index (χ1n) is 5.88. The van der Waals surface area contributed by atoms with Crippen molar-refractivity contribution in [1.82, 2.24) is 4.57 Å². The Bertz CT molecular complexity index is 852. The van der Waals surface area contributed by atoms with Crippen LogP contribution in [-0.4, -0.2) is 4.57 Å². The van der Waals surface area contributed by atoms with Crippen molar-refractivity contribution in [1.29, 1.82) is 0 Å². The van der Waals surface area contributed by atoms with Gasteiger partial charge in [0, 0.05) is 11.3 Å². The molecule has 3 rings (SSSR count). The lowest BCUT2D eigenvalue weighted by atomic mass is 10.2. The van der Waals surface area contributed by atoms with Crippen LogP contribution in [0.4, 0.5) is 14.5 Å². The largest absolute Gasteiger partial charge is 0.420 e. The van der Waals surface area contributed by atoms with E-state index in [9.17, 15) is 13.6 Å². The maximum absolute atomic E-state index is 13.7. The van der Waals surface area contributed by atoms with Crippen molar-refractivity contribution in [2.75, 3.05) is 5.73 Å². The molecule has 1 heterocycles. The highest BCUT2D eigenvalue weighted by Crippen LogP contribution is 2.19. The van der Waals surface area contributed by atoms with E-state index in [-0.39, 0.29) is 12.1 Å². The van der Waals surface area contributed by atoms with E-state index in [1.807, 2.05) is 0 Å². The molecule has 6 heteroatoms. The molecule has 0 fully saturated rings. The number of hydrogen-bond acceptors (Lipinski definition) is 3. The topological polar surface area (TPSA) is 61.2 Å². The Morgan fingerprint density at radius 1 is 1.20 bits per heavy atom. The Labute approximate surface area is 112 Å². The van der Waals surface area contributed by atoms with Gasteiger partial charge in [0.15, 0.2) is 17.2 Å². The average molecular weight is 276 g/mol. The molecule has 0 saturated carbocycles. The van der Waals surface area contributed by atoms with Gasteiger partial charge < -0.3 is 10.2 Å². The second-order valence-electron chi connectivity index (χ2n) is 4.39. The second-order valence-corrected chi connectivity index (χ2v) is 4.39. The molecule has 2 N–H and O–H groups in total. The highest BCUT2D eigenvalue weighted by molar-refractivity contribution is 5.77. The number of aromatic nitrogens is 1. The number of fused-ring (bicyclic) bond motifs is 1. The van der Waals surface area contributed by atoms with Crippen LogP contribution in [0.5, 0.6) is 0 Å². The number of nitrogens with zero attached hydrogens (tertiary/aromatic N) is 1. The van der Waals surface area contributed by atoms with Gasteiger partial charge in [-0.2, -0.15) is 0 Å². The molecule has 0 saturated heterocycles. The average Bonchev–Trinajstić information content (AvgIpc) is 2.71. The minimum Gasteiger partial charge on any atom is -0.408 e. The van der Waals surface area contributed by atoms with Crippen molar-refractivity contribution in [2.24, 2.45) is 0 Å². The lowest BCUT2D eigenvalue weighted by molar-refractivity contribution is 0.484. The lowest BCUT2D eigenvalue weighted by Gasteiger charge is -2.05. The van der Waals surface area contributed by atoms with Gasteiger partial charge in [0.25, 0.3) is 0 Å². The summed E-state index contributed by atoms with van der Waals surface area (Å²) in [6, 6.07) is 8.53. The molecule has 0 amide bonds. The van der Waals surface area contributed by atoms with Gasteiger partial charge in [-0.05, 0) is 24.3 Å². The zero-order valence-corrected chi connectivity index (χ0v) is 10.3. The fourth-order valence-electron chi connectivity index (χ4n) is 2.07. The summed E-state index contributed by atoms with van der Waals surface area (Å²) in [6.07, 6.45) is 0. The van der Waals surface area contributed by atoms with E-state index in [4.69, 9.17) is 10.2 Å². The predicted molar refractivity (Wildman–Crippen MR) is 70.3 cm³/mol. The van der Waals surface area contributed by atoms with Gasteiger partial charge in [0.1, 0.15) is 0 Å². The predicted octanol–water partition coefficient (Wildman–Crippen LogP) is 2.50. The molecule has 0 atom stereocenters. The van der Waals surface area contributed by atoms with Gasteiger partial charge in [-0.15, -0.1) is 0 Å². The molecule has 0 bridgehead atoms. The number of rotatable bonds is 2. The minimum absolute atomic E-state index is 0.0669. The van der Waals surface area contributed by atoms with E-state index >= 15 is 0 Å². The summed E-state index contributed by atoms with van der Waals surface area (Å²) >= 11 is 0. The standard InChI is InChI=1S/C14H10F2N2O2/c15-10-3-1-2-8(13(10)16)7-18-11-6-9(17)4-5-12(11)20-14(18)19/h1-6H,7,17H2. The fourth-order valence-corrected chi connectivity index (χ4v) is 2.07. The van der Waals surface area contributed by atoms with Crippen molar-refractivity contribution in [3.63, 3.8) is 0 Å². The summed E-state index contributed by atoms with van der Waals surface area (Å²) in [5.74, 6) is -2.57. The number of benzene rings is 2. The molecule has 102 valence electrons. The van der Waals surface area contributed by atoms with Gasteiger partial charge >= 0.3 is 5.76 Å². The van der Waals surface area contributed by atoms with Crippen LogP contribution in [0.15, 0.2) is 45.6 Å².